The second-order valence-electron chi connectivity index (χ2n) is 5.45. The molecule has 0 aliphatic rings. The lowest BCUT2D eigenvalue weighted by Gasteiger charge is -2.27. The lowest BCUT2D eigenvalue weighted by atomic mass is 11.9. The maximum atomic E-state index is 6.02. The molecule has 0 saturated heterocycles. The highest BCUT2D eigenvalue weighted by Crippen LogP contribution is 2.05. The van der Waals surface area contributed by atoms with Gasteiger partial charge in [0.05, 0.1) is 0 Å². The van der Waals surface area contributed by atoms with Crippen LogP contribution in [0, 0.1) is 0 Å². The van der Waals surface area contributed by atoms with Crippen molar-refractivity contribution in [1.29, 1.82) is 0 Å². The average Bonchev–Trinajstić information content (AvgIpc) is 2.11. The van der Waals surface area contributed by atoms with Gasteiger partial charge in [-0.3, -0.25) is 0 Å². The van der Waals surface area contributed by atoms with Gasteiger partial charge in [0.2, 0.25) is 0 Å². The van der Waals surface area contributed by atoms with Crippen LogP contribution >= 0.6 is 0 Å². The Bertz CT molecular complexity index is 188. The molecule has 0 aromatic rings. The Kier molecular flexibility index (Phi) is 11.4. The van der Waals surface area contributed by atoms with Crippen molar-refractivity contribution in [3.63, 3.8) is 0 Å². The maximum absolute atomic E-state index is 6.02. The van der Waals surface area contributed by atoms with E-state index in [4.69, 9.17) is 20.6 Å². The van der Waals surface area contributed by atoms with Gasteiger partial charge in [0.25, 0.3) is 0 Å². The SMILES string of the molecule is C[SiH](C)O[SiH](O[SiH](C)C)O[SiH](O[SiH](C)C)O[SiH](C)C. The molecule has 0 rings (SSSR count). The molecule has 0 fully saturated rings. The summed E-state index contributed by atoms with van der Waals surface area (Å²) in [6, 6.07) is 0. The van der Waals surface area contributed by atoms with E-state index in [1.807, 2.05) is 0 Å². The Hall–Kier alpha value is 1.10. The Balaban J connectivity index is 4.51. The van der Waals surface area contributed by atoms with Gasteiger partial charge in [-0.25, -0.2) is 0 Å². The second-order valence-corrected chi connectivity index (χ2v) is 20.4. The Morgan fingerprint density at radius 2 is 0.579 bits per heavy atom. The van der Waals surface area contributed by atoms with Crippen LogP contribution in [0.25, 0.3) is 0 Å². The minimum Gasteiger partial charge on any atom is -0.422 e. The summed E-state index contributed by atoms with van der Waals surface area (Å²) in [6.07, 6.45) is 0. The average molecular weight is 375 g/mol. The minimum absolute atomic E-state index is 1.15. The molecule has 116 valence electrons. The van der Waals surface area contributed by atoms with Crippen LogP contribution in [0.5, 0.6) is 0 Å². The van der Waals surface area contributed by atoms with Gasteiger partial charge in [0.1, 0.15) is 0 Å². The molecule has 0 radical (unpaired) electrons. The zero-order chi connectivity index (χ0) is 15.0. The van der Waals surface area contributed by atoms with Gasteiger partial charge in [0, 0.05) is 0 Å². The van der Waals surface area contributed by atoms with E-state index in [1.54, 1.807) is 0 Å². The lowest BCUT2D eigenvalue weighted by molar-refractivity contribution is 0.241. The van der Waals surface area contributed by atoms with Gasteiger partial charge < -0.3 is 20.6 Å². The van der Waals surface area contributed by atoms with E-state index in [0.717, 1.165) is 0 Å². The molecule has 0 unspecified atom stereocenters. The van der Waals surface area contributed by atoms with Gasteiger partial charge in [0.15, 0.2) is 36.2 Å². The Morgan fingerprint density at radius 3 is 0.737 bits per heavy atom. The molecule has 0 aliphatic carbocycles. The first kappa shape index (κ1) is 20.1. The largest absolute Gasteiger partial charge is 0.455 e. The number of hydrogen-bond acceptors (Lipinski definition) is 5. The fourth-order valence-corrected chi connectivity index (χ4v) is 14.0. The van der Waals surface area contributed by atoms with E-state index in [1.165, 1.54) is 0 Å². The highest BCUT2D eigenvalue weighted by Gasteiger charge is 2.28. The monoisotopic (exact) mass is 374 g/mol. The minimum atomic E-state index is -2.05. The molecule has 0 aromatic carbocycles. The summed E-state index contributed by atoms with van der Waals surface area (Å²) < 4.78 is 29.7. The van der Waals surface area contributed by atoms with Crippen LogP contribution < -0.4 is 0 Å². The second kappa shape index (κ2) is 10.8. The van der Waals surface area contributed by atoms with Crippen LogP contribution in [0.15, 0.2) is 0 Å². The van der Waals surface area contributed by atoms with E-state index in [2.05, 4.69) is 52.4 Å². The number of rotatable bonds is 10. The molecule has 0 heterocycles. The highest BCUT2D eigenvalue weighted by molar-refractivity contribution is 6.71. The van der Waals surface area contributed by atoms with Crippen molar-refractivity contribution in [2.24, 2.45) is 0 Å². The molecule has 0 aromatic heterocycles. The van der Waals surface area contributed by atoms with E-state index in [9.17, 15) is 0 Å². The topological polar surface area (TPSA) is 46.2 Å². The molecule has 0 saturated carbocycles. The molecular weight excluding hydrogens is 345 g/mol. The summed E-state index contributed by atoms with van der Waals surface area (Å²) in [5, 5.41) is 0. The van der Waals surface area contributed by atoms with Crippen molar-refractivity contribution in [2.75, 3.05) is 0 Å². The van der Waals surface area contributed by atoms with Crippen LogP contribution in [-0.2, 0) is 20.6 Å². The first-order valence-electron chi connectivity index (χ1n) is 6.98. The fraction of sp³-hybridized carbons (Fsp3) is 1.00. The van der Waals surface area contributed by atoms with Gasteiger partial charge >= 0.3 is 19.1 Å². The van der Waals surface area contributed by atoms with Crippen molar-refractivity contribution in [3.8, 4) is 0 Å². The third-order valence-corrected chi connectivity index (χ3v) is 15.8. The molecule has 5 nitrogen and oxygen atoms in total. The zero-order valence-corrected chi connectivity index (χ0v) is 20.4. The van der Waals surface area contributed by atoms with Crippen LogP contribution in [0.1, 0.15) is 0 Å². The smallest absolute Gasteiger partial charge is 0.422 e. The van der Waals surface area contributed by atoms with Crippen molar-refractivity contribution < 1.29 is 20.6 Å². The quantitative estimate of drug-likeness (QED) is 0.519. The summed E-state index contributed by atoms with van der Waals surface area (Å²) in [5.74, 6) is 0. The Morgan fingerprint density at radius 1 is 0.368 bits per heavy atom. The van der Waals surface area contributed by atoms with Crippen LogP contribution in [0.3, 0.4) is 0 Å². The van der Waals surface area contributed by atoms with Crippen molar-refractivity contribution in [1.82, 2.24) is 0 Å². The van der Waals surface area contributed by atoms with Gasteiger partial charge in [-0.15, -0.1) is 0 Å². The molecule has 11 heteroatoms. The molecule has 0 spiro atoms. The van der Waals surface area contributed by atoms with E-state index < -0.39 is 55.2 Å². The lowest BCUT2D eigenvalue weighted by Crippen LogP contribution is -2.45. The van der Waals surface area contributed by atoms with Crippen LogP contribution in [0.2, 0.25) is 52.4 Å². The molecular formula is C8H30O5Si6. The first-order chi connectivity index (χ1) is 8.70. The summed E-state index contributed by atoms with van der Waals surface area (Å²) in [4.78, 5) is 0. The fourth-order valence-electron chi connectivity index (χ4n) is 1.17. The van der Waals surface area contributed by atoms with Crippen LogP contribution in [-0.4, -0.2) is 55.2 Å². The summed E-state index contributed by atoms with van der Waals surface area (Å²) in [5.41, 5.74) is 0. The third kappa shape index (κ3) is 12.5. The number of hydrogen-bond donors (Lipinski definition) is 0. The van der Waals surface area contributed by atoms with Crippen LogP contribution in [0.4, 0.5) is 0 Å². The molecule has 0 atom stereocenters. The highest BCUT2D eigenvalue weighted by atomic mass is 28.5. The zero-order valence-electron chi connectivity index (χ0n) is 13.5. The van der Waals surface area contributed by atoms with Crippen molar-refractivity contribution >= 4 is 55.2 Å². The van der Waals surface area contributed by atoms with Crippen molar-refractivity contribution in [2.45, 2.75) is 52.4 Å². The molecule has 0 amide bonds. The standard InChI is InChI=1S/C8H30O5Si6/c1-14(2)9-18(10-15(3)4)13-19(11-16(5)6)12-17(7)8/h14-19H,1-8H3. The summed E-state index contributed by atoms with van der Waals surface area (Å²) in [7, 11) is -8.69. The maximum Gasteiger partial charge on any atom is 0.455 e. The van der Waals surface area contributed by atoms with E-state index in [0.29, 0.717) is 0 Å². The summed E-state index contributed by atoms with van der Waals surface area (Å²) in [6.45, 7) is 17.1. The molecule has 0 aliphatic heterocycles. The predicted molar refractivity (Wildman–Crippen MR) is 95.2 cm³/mol. The van der Waals surface area contributed by atoms with Crippen molar-refractivity contribution in [3.05, 3.63) is 0 Å². The Labute approximate surface area is 128 Å². The predicted octanol–water partition coefficient (Wildman–Crippen LogP) is 0.437. The normalized spacial score (nSPS) is 12.9. The third-order valence-electron chi connectivity index (χ3n) is 1.76. The molecule has 0 N–H and O–H groups in total. The van der Waals surface area contributed by atoms with Gasteiger partial charge in [-0.1, -0.05) is 0 Å². The first-order valence-corrected chi connectivity index (χ1v) is 20.9. The summed E-state index contributed by atoms with van der Waals surface area (Å²) >= 11 is 0. The van der Waals surface area contributed by atoms with E-state index in [-0.39, 0.29) is 0 Å². The van der Waals surface area contributed by atoms with Gasteiger partial charge in [-0.2, -0.15) is 0 Å². The molecule has 19 heavy (non-hydrogen) atoms. The van der Waals surface area contributed by atoms with Gasteiger partial charge in [-0.05, 0) is 52.4 Å². The molecule has 0 bridgehead atoms. The van der Waals surface area contributed by atoms with E-state index >= 15 is 0 Å².